The zero-order chi connectivity index (χ0) is 17.6. The first-order chi connectivity index (χ1) is 12.1. The zero-order valence-corrected chi connectivity index (χ0v) is 13.4. The normalized spacial score (nSPS) is 14.2. The highest BCUT2D eigenvalue weighted by atomic mass is 19.3. The average Bonchev–Trinajstić information content (AvgIpc) is 2.67. The van der Waals surface area contributed by atoms with Crippen molar-refractivity contribution in [3.8, 4) is 11.8 Å². The number of hydrogen-bond acceptors (Lipinski definition) is 4. The Morgan fingerprint density at radius 3 is 2.28 bits per heavy atom. The van der Waals surface area contributed by atoms with Crippen molar-refractivity contribution in [1.29, 1.82) is 0 Å². The van der Waals surface area contributed by atoms with Gasteiger partial charge >= 0.3 is 0 Å². The number of carbonyl (C=O) groups excluding carboxylic acids is 1. The van der Waals surface area contributed by atoms with E-state index >= 15 is 0 Å². The molecule has 1 amide bonds. The van der Waals surface area contributed by atoms with Gasteiger partial charge in [-0.25, -0.2) is 18.7 Å². The van der Waals surface area contributed by atoms with Gasteiger partial charge in [0.1, 0.15) is 0 Å². The maximum absolute atomic E-state index is 12.5. The third-order valence-corrected chi connectivity index (χ3v) is 3.88. The van der Waals surface area contributed by atoms with Crippen LogP contribution in [0.3, 0.4) is 0 Å². The van der Waals surface area contributed by atoms with Crippen LogP contribution in [-0.2, 0) is 4.79 Å². The minimum Gasteiger partial charge on any atom is -0.337 e. The second-order valence-electron chi connectivity index (χ2n) is 5.50. The summed E-state index contributed by atoms with van der Waals surface area (Å²) in [6, 6.07) is 7.38. The van der Waals surface area contributed by atoms with E-state index in [4.69, 9.17) is 0 Å². The summed E-state index contributed by atoms with van der Waals surface area (Å²) < 4.78 is 25.0. The maximum atomic E-state index is 12.5. The molecule has 7 heteroatoms. The number of carbonyl (C=O) groups is 1. The molecule has 2 heterocycles. The van der Waals surface area contributed by atoms with E-state index in [1.807, 2.05) is 4.90 Å². The minimum atomic E-state index is -2.51. The van der Waals surface area contributed by atoms with Gasteiger partial charge < -0.3 is 9.80 Å². The molecule has 3 rings (SSSR count). The van der Waals surface area contributed by atoms with Crippen LogP contribution in [-0.4, -0.2) is 47.0 Å². The molecule has 0 bridgehead atoms. The predicted molar refractivity (Wildman–Crippen MR) is 89.1 cm³/mol. The van der Waals surface area contributed by atoms with Gasteiger partial charge in [0.25, 0.3) is 12.3 Å². The highest BCUT2D eigenvalue weighted by molar-refractivity contribution is 5.94. The molecule has 0 unspecified atom stereocenters. The second kappa shape index (κ2) is 7.71. The van der Waals surface area contributed by atoms with E-state index < -0.39 is 6.43 Å². The number of nitrogens with zero attached hydrogens (tertiary/aromatic N) is 4. The van der Waals surface area contributed by atoms with E-state index in [-0.39, 0.29) is 11.5 Å². The largest absolute Gasteiger partial charge is 0.337 e. The van der Waals surface area contributed by atoms with Gasteiger partial charge in [-0.2, -0.15) is 0 Å². The van der Waals surface area contributed by atoms with Gasteiger partial charge in [-0.15, -0.1) is 0 Å². The van der Waals surface area contributed by atoms with Crippen LogP contribution < -0.4 is 4.90 Å². The first kappa shape index (κ1) is 16.8. The first-order valence-electron chi connectivity index (χ1n) is 7.84. The molecule has 1 aromatic heterocycles. The number of alkyl halides is 2. The van der Waals surface area contributed by atoms with E-state index in [2.05, 4.69) is 21.8 Å². The number of benzene rings is 1. The SMILES string of the molecule is O=C(C#Cc1ccc(C(F)F)cc1)N1CCN(c2ncccn2)CC1. The van der Waals surface area contributed by atoms with Gasteiger partial charge in [0, 0.05) is 55.6 Å². The monoisotopic (exact) mass is 342 g/mol. The Labute approximate surface area is 144 Å². The molecule has 25 heavy (non-hydrogen) atoms. The summed E-state index contributed by atoms with van der Waals surface area (Å²) in [5, 5.41) is 0. The second-order valence-corrected chi connectivity index (χ2v) is 5.50. The number of hydrogen-bond donors (Lipinski definition) is 0. The fourth-order valence-electron chi connectivity index (χ4n) is 2.48. The smallest absolute Gasteiger partial charge is 0.298 e. The molecule has 1 fully saturated rings. The highest BCUT2D eigenvalue weighted by Gasteiger charge is 2.21. The van der Waals surface area contributed by atoms with E-state index in [9.17, 15) is 13.6 Å². The molecule has 1 aliphatic heterocycles. The van der Waals surface area contributed by atoms with E-state index in [0.717, 1.165) is 0 Å². The molecule has 0 N–H and O–H groups in total. The lowest BCUT2D eigenvalue weighted by molar-refractivity contribution is -0.125. The Bertz CT molecular complexity index is 776. The van der Waals surface area contributed by atoms with Crippen molar-refractivity contribution < 1.29 is 13.6 Å². The summed E-state index contributed by atoms with van der Waals surface area (Å²) in [6.45, 7) is 2.35. The van der Waals surface area contributed by atoms with Crippen LogP contribution in [0.25, 0.3) is 0 Å². The van der Waals surface area contributed by atoms with E-state index in [1.54, 1.807) is 23.4 Å². The van der Waals surface area contributed by atoms with Gasteiger partial charge in [0.2, 0.25) is 5.95 Å². The zero-order valence-electron chi connectivity index (χ0n) is 13.4. The van der Waals surface area contributed by atoms with E-state index in [1.165, 1.54) is 24.3 Å². The van der Waals surface area contributed by atoms with Crippen LogP contribution >= 0.6 is 0 Å². The van der Waals surface area contributed by atoms with Gasteiger partial charge in [-0.3, -0.25) is 4.79 Å². The van der Waals surface area contributed by atoms with E-state index in [0.29, 0.717) is 37.7 Å². The van der Waals surface area contributed by atoms with Gasteiger partial charge in [-0.1, -0.05) is 18.1 Å². The number of halogens is 2. The standard InChI is InChI=1S/C18H16F2N4O/c19-17(20)15-5-2-14(3-6-15)4-7-16(25)23-10-12-24(13-11-23)18-21-8-1-9-22-18/h1-3,5-6,8-9,17H,10-13H2. The van der Waals surface area contributed by atoms with Crippen LogP contribution in [0, 0.1) is 11.8 Å². The number of amides is 1. The maximum Gasteiger partial charge on any atom is 0.298 e. The Morgan fingerprint density at radius 1 is 1.04 bits per heavy atom. The van der Waals surface area contributed by atoms with Crippen LogP contribution in [0.4, 0.5) is 14.7 Å². The molecule has 2 aromatic rings. The van der Waals surface area contributed by atoms with Crippen molar-refractivity contribution in [2.45, 2.75) is 6.43 Å². The molecule has 1 aromatic carbocycles. The van der Waals surface area contributed by atoms with Crippen molar-refractivity contribution in [1.82, 2.24) is 14.9 Å². The van der Waals surface area contributed by atoms with Crippen LogP contribution in [0.2, 0.25) is 0 Å². The fourth-order valence-corrected chi connectivity index (χ4v) is 2.48. The molecule has 128 valence electrons. The van der Waals surface area contributed by atoms with Crippen molar-refractivity contribution in [3.05, 3.63) is 53.9 Å². The Hall–Kier alpha value is -3.01. The van der Waals surface area contributed by atoms with Gasteiger partial charge in [0.05, 0.1) is 0 Å². The first-order valence-corrected chi connectivity index (χ1v) is 7.84. The molecular weight excluding hydrogens is 326 g/mol. The summed E-state index contributed by atoms with van der Waals surface area (Å²) in [5.41, 5.74) is 0.477. The Kier molecular flexibility index (Phi) is 5.19. The summed E-state index contributed by atoms with van der Waals surface area (Å²) in [7, 11) is 0. The molecule has 5 nitrogen and oxygen atoms in total. The molecule has 0 spiro atoms. The topological polar surface area (TPSA) is 49.3 Å². The number of anilines is 1. The van der Waals surface area contributed by atoms with Crippen LogP contribution in [0.1, 0.15) is 17.6 Å². The molecular formula is C18H16F2N4O. The molecule has 1 saturated heterocycles. The number of rotatable bonds is 2. The van der Waals surface area contributed by atoms with Crippen molar-refractivity contribution in [2.24, 2.45) is 0 Å². The van der Waals surface area contributed by atoms with Crippen LogP contribution in [0.5, 0.6) is 0 Å². The Balaban J connectivity index is 1.56. The minimum absolute atomic E-state index is 0.0591. The molecule has 1 aliphatic rings. The quantitative estimate of drug-likeness (QED) is 0.785. The summed E-state index contributed by atoms with van der Waals surface area (Å²) in [5.74, 6) is 5.68. The lowest BCUT2D eigenvalue weighted by Gasteiger charge is -2.33. The lowest BCUT2D eigenvalue weighted by atomic mass is 10.1. The summed E-state index contributed by atoms with van der Waals surface area (Å²) in [6.07, 6.45) is 0.864. The highest BCUT2D eigenvalue weighted by Crippen LogP contribution is 2.18. The summed E-state index contributed by atoms with van der Waals surface area (Å²) in [4.78, 5) is 24.2. The Morgan fingerprint density at radius 2 is 1.68 bits per heavy atom. The molecule has 0 radical (unpaired) electrons. The fraction of sp³-hybridized carbons (Fsp3) is 0.278. The third kappa shape index (κ3) is 4.29. The number of piperazine rings is 1. The van der Waals surface area contributed by atoms with Gasteiger partial charge in [0.15, 0.2) is 0 Å². The average molecular weight is 342 g/mol. The predicted octanol–water partition coefficient (Wildman–Crippen LogP) is 2.11. The molecule has 0 atom stereocenters. The number of aromatic nitrogens is 2. The third-order valence-electron chi connectivity index (χ3n) is 3.88. The van der Waals surface area contributed by atoms with Gasteiger partial charge in [-0.05, 0) is 18.2 Å². The molecule has 0 saturated carbocycles. The molecule has 0 aliphatic carbocycles. The lowest BCUT2D eigenvalue weighted by Crippen LogP contribution is -2.49. The van der Waals surface area contributed by atoms with Crippen molar-refractivity contribution in [3.63, 3.8) is 0 Å². The summed E-state index contributed by atoms with van der Waals surface area (Å²) >= 11 is 0. The van der Waals surface area contributed by atoms with Crippen LogP contribution in [0.15, 0.2) is 42.7 Å². The van der Waals surface area contributed by atoms with Crippen molar-refractivity contribution >= 4 is 11.9 Å². The van der Waals surface area contributed by atoms with Crippen molar-refractivity contribution in [2.75, 3.05) is 31.1 Å².